The standard InChI is InChI=1S/C19H21ClN2/c20-16-6-4-5-15(13-16)14-21-17-9-11-19(12-10-17)22-18-7-2-1-3-8-18/h4-6,9-14,18,22H,1-3,7-8H2. The summed E-state index contributed by atoms with van der Waals surface area (Å²) in [5, 5.41) is 4.35. The van der Waals surface area contributed by atoms with E-state index in [1.54, 1.807) is 0 Å². The predicted molar refractivity (Wildman–Crippen MR) is 95.6 cm³/mol. The minimum absolute atomic E-state index is 0.634. The second-order valence-corrected chi connectivity index (χ2v) is 6.28. The van der Waals surface area contributed by atoms with Crippen LogP contribution in [0.3, 0.4) is 0 Å². The first kappa shape index (κ1) is 15.1. The van der Waals surface area contributed by atoms with Crippen LogP contribution >= 0.6 is 11.6 Å². The van der Waals surface area contributed by atoms with E-state index in [1.165, 1.54) is 37.8 Å². The maximum atomic E-state index is 5.97. The summed E-state index contributed by atoms with van der Waals surface area (Å²) in [5.74, 6) is 0. The quantitative estimate of drug-likeness (QED) is 0.705. The van der Waals surface area contributed by atoms with Gasteiger partial charge >= 0.3 is 0 Å². The molecule has 2 nitrogen and oxygen atoms in total. The third-order valence-electron chi connectivity index (χ3n) is 4.05. The van der Waals surface area contributed by atoms with Gasteiger partial charge in [-0.05, 0) is 54.8 Å². The molecule has 1 N–H and O–H groups in total. The molecule has 114 valence electrons. The van der Waals surface area contributed by atoms with Crippen LogP contribution in [0.2, 0.25) is 5.02 Å². The molecule has 22 heavy (non-hydrogen) atoms. The highest BCUT2D eigenvalue weighted by Gasteiger charge is 2.12. The van der Waals surface area contributed by atoms with Crippen LogP contribution in [0.5, 0.6) is 0 Å². The van der Waals surface area contributed by atoms with E-state index in [0.29, 0.717) is 6.04 Å². The second kappa shape index (κ2) is 7.46. The van der Waals surface area contributed by atoms with Gasteiger partial charge in [0.05, 0.1) is 5.69 Å². The van der Waals surface area contributed by atoms with Gasteiger partial charge in [0.25, 0.3) is 0 Å². The largest absolute Gasteiger partial charge is 0.382 e. The van der Waals surface area contributed by atoms with Crippen LogP contribution in [-0.4, -0.2) is 12.3 Å². The lowest BCUT2D eigenvalue weighted by molar-refractivity contribution is 0.463. The lowest BCUT2D eigenvalue weighted by Crippen LogP contribution is -2.21. The number of hydrogen-bond donors (Lipinski definition) is 1. The Balaban J connectivity index is 1.61. The van der Waals surface area contributed by atoms with Crippen molar-refractivity contribution in [1.82, 2.24) is 0 Å². The number of halogens is 1. The number of nitrogens with zero attached hydrogens (tertiary/aromatic N) is 1. The zero-order valence-electron chi connectivity index (χ0n) is 12.6. The maximum Gasteiger partial charge on any atom is 0.0631 e. The van der Waals surface area contributed by atoms with Crippen molar-refractivity contribution in [1.29, 1.82) is 0 Å². The molecule has 1 fully saturated rings. The summed E-state index contributed by atoms with van der Waals surface area (Å²) in [7, 11) is 0. The molecular formula is C19H21ClN2. The van der Waals surface area contributed by atoms with E-state index in [4.69, 9.17) is 11.6 Å². The highest BCUT2D eigenvalue weighted by atomic mass is 35.5. The fourth-order valence-electron chi connectivity index (χ4n) is 2.86. The van der Waals surface area contributed by atoms with Gasteiger partial charge in [-0.1, -0.05) is 43.0 Å². The average molecular weight is 313 g/mol. The van der Waals surface area contributed by atoms with Gasteiger partial charge in [0.2, 0.25) is 0 Å². The number of aliphatic imine (C=N–C) groups is 1. The molecule has 3 heteroatoms. The monoisotopic (exact) mass is 312 g/mol. The topological polar surface area (TPSA) is 24.4 Å². The zero-order valence-corrected chi connectivity index (χ0v) is 13.4. The summed E-state index contributed by atoms with van der Waals surface area (Å²) in [6.07, 6.45) is 8.49. The Morgan fingerprint density at radius 1 is 1.00 bits per heavy atom. The van der Waals surface area contributed by atoms with Crippen molar-refractivity contribution in [3.05, 3.63) is 59.1 Å². The molecule has 1 aliphatic carbocycles. The molecule has 1 saturated carbocycles. The summed E-state index contributed by atoms with van der Waals surface area (Å²) in [6.45, 7) is 0. The molecule has 3 rings (SSSR count). The minimum Gasteiger partial charge on any atom is -0.382 e. The molecule has 0 radical (unpaired) electrons. The average Bonchev–Trinajstić information content (AvgIpc) is 2.55. The van der Waals surface area contributed by atoms with Gasteiger partial charge in [-0.3, -0.25) is 4.99 Å². The molecule has 2 aromatic carbocycles. The van der Waals surface area contributed by atoms with Crippen LogP contribution in [0.15, 0.2) is 53.5 Å². The Kier molecular flexibility index (Phi) is 5.12. The van der Waals surface area contributed by atoms with Crippen LogP contribution in [0, 0.1) is 0 Å². The van der Waals surface area contributed by atoms with Crippen LogP contribution in [-0.2, 0) is 0 Å². The summed E-state index contributed by atoms with van der Waals surface area (Å²) >= 11 is 5.97. The summed E-state index contributed by atoms with van der Waals surface area (Å²) in [6, 6.07) is 16.6. The van der Waals surface area contributed by atoms with Crippen molar-refractivity contribution in [3.8, 4) is 0 Å². The Morgan fingerprint density at radius 3 is 2.50 bits per heavy atom. The molecule has 0 amide bonds. The van der Waals surface area contributed by atoms with E-state index in [0.717, 1.165) is 16.3 Å². The number of anilines is 1. The summed E-state index contributed by atoms with van der Waals surface area (Å²) < 4.78 is 0. The SMILES string of the molecule is Clc1cccc(C=Nc2ccc(NC3CCCCC3)cc2)c1. The molecule has 1 aliphatic rings. The van der Waals surface area contributed by atoms with Crippen LogP contribution in [0.4, 0.5) is 11.4 Å². The molecular weight excluding hydrogens is 292 g/mol. The van der Waals surface area contributed by atoms with Gasteiger partial charge in [0, 0.05) is 23.0 Å². The third kappa shape index (κ3) is 4.35. The molecule has 0 spiro atoms. The Bertz CT molecular complexity index is 628. The van der Waals surface area contributed by atoms with Crippen molar-refractivity contribution in [3.63, 3.8) is 0 Å². The molecule has 2 aromatic rings. The molecule has 0 saturated heterocycles. The Hall–Kier alpha value is -1.80. The van der Waals surface area contributed by atoms with Gasteiger partial charge in [0.15, 0.2) is 0 Å². The lowest BCUT2D eigenvalue weighted by Gasteiger charge is -2.23. The number of hydrogen-bond acceptors (Lipinski definition) is 2. The lowest BCUT2D eigenvalue weighted by atomic mass is 9.95. The van der Waals surface area contributed by atoms with Crippen molar-refractivity contribution in [2.45, 2.75) is 38.1 Å². The van der Waals surface area contributed by atoms with E-state index in [9.17, 15) is 0 Å². The fraction of sp³-hybridized carbons (Fsp3) is 0.316. The number of benzene rings is 2. The van der Waals surface area contributed by atoms with E-state index in [-0.39, 0.29) is 0 Å². The number of rotatable bonds is 4. The van der Waals surface area contributed by atoms with Crippen molar-refractivity contribution < 1.29 is 0 Å². The fourth-order valence-corrected chi connectivity index (χ4v) is 3.06. The van der Waals surface area contributed by atoms with Gasteiger partial charge in [-0.15, -0.1) is 0 Å². The first-order chi connectivity index (χ1) is 10.8. The van der Waals surface area contributed by atoms with E-state index in [2.05, 4.69) is 22.4 Å². The predicted octanol–water partition coefficient (Wildman–Crippen LogP) is 5.84. The third-order valence-corrected chi connectivity index (χ3v) is 4.29. The van der Waals surface area contributed by atoms with Gasteiger partial charge in [0.1, 0.15) is 0 Å². The normalized spacial score (nSPS) is 16.0. The van der Waals surface area contributed by atoms with E-state index >= 15 is 0 Å². The number of nitrogens with one attached hydrogen (secondary N) is 1. The molecule has 0 heterocycles. The first-order valence-electron chi connectivity index (χ1n) is 7.96. The molecule has 0 atom stereocenters. The van der Waals surface area contributed by atoms with Crippen LogP contribution in [0.25, 0.3) is 0 Å². The maximum absolute atomic E-state index is 5.97. The van der Waals surface area contributed by atoms with Gasteiger partial charge < -0.3 is 5.32 Å². The molecule has 0 aromatic heterocycles. The molecule has 0 unspecified atom stereocenters. The Labute approximate surface area is 137 Å². The Morgan fingerprint density at radius 2 is 1.77 bits per heavy atom. The summed E-state index contributed by atoms with van der Waals surface area (Å²) in [5.41, 5.74) is 3.15. The summed E-state index contributed by atoms with van der Waals surface area (Å²) in [4.78, 5) is 4.49. The van der Waals surface area contributed by atoms with E-state index in [1.807, 2.05) is 42.6 Å². The highest BCUT2D eigenvalue weighted by Crippen LogP contribution is 2.23. The first-order valence-corrected chi connectivity index (χ1v) is 8.34. The zero-order chi connectivity index (χ0) is 15.2. The van der Waals surface area contributed by atoms with Crippen molar-refractivity contribution in [2.75, 3.05) is 5.32 Å². The van der Waals surface area contributed by atoms with Gasteiger partial charge in [-0.2, -0.15) is 0 Å². The van der Waals surface area contributed by atoms with Crippen molar-refractivity contribution >= 4 is 29.2 Å². The van der Waals surface area contributed by atoms with Crippen LogP contribution < -0.4 is 5.32 Å². The smallest absolute Gasteiger partial charge is 0.0631 e. The molecule has 0 aliphatic heterocycles. The van der Waals surface area contributed by atoms with E-state index < -0.39 is 0 Å². The molecule has 0 bridgehead atoms. The van der Waals surface area contributed by atoms with Crippen molar-refractivity contribution in [2.24, 2.45) is 4.99 Å². The van der Waals surface area contributed by atoms with Crippen LogP contribution in [0.1, 0.15) is 37.7 Å². The van der Waals surface area contributed by atoms with Gasteiger partial charge in [-0.25, -0.2) is 0 Å². The minimum atomic E-state index is 0.634. The second-order valence-electron chi connectivity index (χ2n) is 5.84. The highest BCUT2D eigenvalue weighted by molar-refractivity contribution is 6.30.